The van der Waals surface area contributed by atoms with Crippen molar-refractivity contribution in [3.63, 3.8) is 0 Å². The summed E-state index contributed by atoms with van der Waals surface area (Å²) in [5, 5.41) is 11.9. The van der Waals surface area contributed by atoms with Crippen LogP contribution < -0.4 is 4.90 Å². The minimum Gasteiger partial charge on any atom is -0.278 e. The Bertz CT molecular complexity index is 1030. The molecule has 1 unspecified atom stereocenters. The van der Waals surface area contributed by atoms with Gasteiger partial charge in [0.15, 0.2) is 5.82 Å². The number of carbonyl (C=O) groups is 1. The molecule has 4 rings (SSSR count). The highest BCUT2D eigenvalue weighted by Gasteiger charge is 2.44. The van der Waals surface area contributed by atoms with Crippen LogP contribution in [0, 0.1) is 11.7 Å². The Morgan fingerprint density at radius 1 is 1.33 bits per heavy atom. The van der Waals surface area contributed by atoms with Gasteiger partial charge in [-0.2, -0.15) is 10.2 Å². The zero-order chi connectivity index (χ0) is 19.3. The van der Waals surface area contributed by atoms with Gasteiger partial charge in [-0.05, 0) is 30.0 Å². The molecule has 3 aromatic rings. The molecule has 1 amide bonds. The number of hydrogen-bond donors (Lipinski definition) is 1. The second-order valence-corrected chi connectivity index (χ2v) is 7.56. The van der Waals surface area contributed by atoms with E-state index in [-0.39, 0.29) is 10.9 Å². The van der Waals surface area contributed by atoms with Crippen molar-refractivity contribution >= 4 is 23.3 Å². The Hall–Kier alpha value is -2.67. The Morgan fingerprint density at radius 3 is 2.74 bits per heavy atom. The first kappa shape index (κ1) is 17.7. The number of anilines is 1. The molecule has 2 aromatic heterocycles. The van der Waals surface area contributed by atoms with Crippen LogP contribution in [-0.4, -0.2) is 25.9 Å². The first-order valence-corrected chi connectivity index (χ1v) is 9.10. The van der Waals surface area contributed by atoms with Gasteiger partial charge in [-0.1, -0.05) is 31.5 Å². The van der Waals surface area contributed by atoms with Crippen LogP contribution >= 0.6 is 11.6 Å². The SMILES string of the molecule is CC(C)Cc1n[nH]c2c1C(c1ccc(F)cc1Cl)N(c1ccn(C)n1)C2=O. The average Bonchev–Trinajstić information content (AvgIpc) is 3.25. The fourth-order valence-corrected chi connectivity index (χ4v) is 3.81. The molecule has 6 nitrogen and oxygen atoms in total. The van der Waals surface area contributed by atoms with Crippen LogP contribution in [0.4, 0.5) is 10.2 Å². The van der Waals surface area contributed by atoms with Crippen molar-refractivity contribution in [3.8, 4) is 0 Å². The van der Waals surface area contributed by atoms with E-state index in [1.165, 1.54) is 12.1 Å². The summed E-state index contributed by atoms with van der Waals surface area (Å²) in [6.45, 7) is 4.18. The zero-order valence-electron chi connectivity index (χ0n) is 15.2. The van der Waals surface area contributed by atoms with E-state index in [1.807, 2.05) is 0 Å². The molecule has 8 heteroatoms. The summed E-state index contributed by atoms with van der Waals surface area (Å²) in [5.41, 5.74) is 2.67. The van der Waals surface area contributed by atoms with Crippen LogP contribution in [0.1, 0.15) is 47.2 Å². The fourth-order valence-electron chi connectivity index (χ4n) is 3.54. The number of rotatable bonds is 4. The molecular formula is C19H19ClFN5O. The fraction of sp³-hybridized carbons (Fsp3) is 0.316. The number of amides is 1. The summed E-state index contributed by atoms with van der Waals surface area (Å²) in [4.78, 5) is 14.7. The van der Waals surface area contributed by atoms with Crippen LogP contribution in [-0.2, 0) is 13.5 Å². The van der Waals surface area contributed by atoms with Crippen molar-refractivity contribution in [2.75, 3.05) is 4.90 Å². The Morgan fingerprint density at radius 2 is 2.11 bits per heavy atom. The molecule has 0 radical (unpaired) electrons. The Balaban J connectivity index is 1.92. The lowest BCUT2D eigenvalue weighted by atomic mass is 9.95. The van der Waals surface area contributed by atoms with Crippen LogP contribution in [0.3, 0.4) is 0 Å². The number of fused-ring (bicyclic) bond motifs is 1. The van der Waals surface area contributed by atoms with Gasteiger partial charge in [-0.3, -0.25) is 19.5 Å². The summed E-state index contributed by atoms with van der Waals surface area (Å²) in [7, 11) is 1.79. The lowest BCUT2D eigenvalue weighted by Gasteiger charge is -2.25. The number of nitrogens with one attached hydrogen (secondary N) is 1. The first-order valence-electron chi connectivity index (χ1n) is 8.72. The van der Waals surface area contributed by atoms with E-state index in [4.69, 9.17) is 11.6 Å². The third kappa shape index (κ3) is 2.92. The number of aromatic nitrogens is 4. The molecule has 0 spiro atoms. The van der Waals surface area contributed by atoms with Crippen molar-refractivity contribution in [2.45, 2.75) is 26.3 Å². The molecule has 1 aliphatic rings. The molecular weight excluding hydrogens is 369 g/mol. The van der Waals surface area contributed by atoms with E-state index in [0.717, 1.165) is 11.3 Å². The van der Waals surface area contributed by atoms with E-state index in [2.05, 4.69) is 29.1 Å². The lowest BCUT2D eigenvalue weighted by Crippen LogP contribution is -2.30. The lowest BCUT2D eigenvalue weighted by molar-refractivity contribution is 0.0988. The van der Waals surface area contributed by atoms with Crippen LogP contribution in [0.25, 0.3) is 0 Å². The highest BCUT2D eigenvalue weighted by molar-refractivity contribution is 6.31. The molecule has 1 atom stereocenters. The van der Waals surface area contributed by atoms with Crippen molar-refractivity contribution in [1.82, 2.24) is 20.0 Å². The third-order valence-corrected chi connectivity index (χ3v) is 4.98. The maximum absolute atomic E-state index is 13.6. The minimum absolute atomic E-state index is 0.225. The molecule has 3 heterocycles. The average molecular weight is 388 g/mol. The quantitative estimate of drug-likeness (QED) is 0.738. The van der Waals surface area contributed by atoms with Gasteiger partial charge in [0, 0.05) is 29.9 Å². The topological polar surface area (TPSA) is 66.8 Å². The van der Waals surface area contributed by atoms with E-state index in [9.17, 15) is 9.18 Å². The monoisotopic (exact) mass is 387 g/mol. The molecule has 0 bridgehead atoms. The Labute approximate surface area is 160 Å². The number of halogens is 2. The third-order valence-electron chi connectivity index (χ3n) is 4.65. The number of aromatic amines is 1. The van der Waals surface area contributed by atoms with Crippen molar-refractivity contribution < 1.29 is 9.18 Å². The second-order valence-electron chi connectivity index (χ2n) is 7.15. The number of H-pyrrole nitrogens is 1. The molecule has 0 fully saturated rings. The molecule has 1 aromatic carbocycles. The predicted molar refractivity (Wildman–Crippen MR) is 100 cm³/mol. The first-order chi connectivity index (χ1) is 12.9. The van der Waals surface area contributed by atoms with Gasteiger partial charge in [0.1, 0.15) is 11.5 Å². The van der Waals surface area contributed by atoms with Gasteiger partial charge in [-0.15, -0.1) is 0 Å². The summed E-state index contributed by atoms with van der Waals surface area (Å²) >= 11 is 6.37. The number of aryl methyl sites for hydroxylation is 1. The van der Waals surface area contributed by atoms with Crippen LogP contribution in [0.15, 0.2) is 30.5 Å². The maximum Gasteiger partial charge on any atom is 0.278 e. The molecule has 0 saturated carbocycles. The van der Waals surface area contributed by atoms with E-state index in [1.54, 1.807) is 35.0 Å². The smallest absolute Gasteiger partial charge is 0.278 e. The highest BCUT2D eigenvalue weighted by atomic mass is 35.5. The van der Waals surface area contributed by atoms with Crippen molar-refractivity contribution in [3.05, 3.63) is 63.8 Å². The number of nitrogens with zero attached hydrogens (tertiary/aromatic N) is 4. The van der Waals surface area contributed by atoms with Crippen molar-refractivity contribution in [2.24, 2.45) is 13.0 Å². The van der Waals surface area contributed by atoms with Crippen LogP contribution in [0.2, 0.25) is 5.02 Å². The number of benzene rings is 1. The number of carbonyl (C=O) groups excluding carboxylic acids is 1. The molecule has 27 heavy (non-hydrogen) atoms. The summed E-state index contributed by atoms with van der Waals surface area (Å²) in [6, 6.07) is 5.49. The molecule has 1 N–H and O–H groups in total. The maximum atomic E-state index is 13.6. The van der Waals surface area contributed by atoms with E-state index >= 15 is 0 Å². The standard InChI is InChI=1S/C19H19ClFN5O/c1-10(2)8-14-16-17(23-22-14)19(27)26(15-6-7-25(3)24-15)18(16)12-5-4-11(21)9-13(12)20/h4-7,9-10,18H,8H2,1-3H3,(H,22,23). The van der Waals surface area contributed by atoms with Gasteiger partial charge in [0.05, 0.1) is 11.7 Å². The van der Waals surface area contributed by atoms with E-state index in [0.29, 0.717) is 29.4 Å². The second kappa shape index (κ2) is 6.49. The number of hydrogen-bond acceptors (Lipinski definition) is 3. The van der Waals surface area contributed by atoms with Gasteiger partial charge in [0.2, 0.25) is 0 Å². The van der Waals surface area contributed by atoms with Crippen molar-refractivity contribution in [1.29, 1.82) is 0 Å². The zero-order valence-corrected chi connectivity index (χ0v) is 16.0. The van der Waals surface area contributed by atoms with Gasteiger partial charge in [-0.25, -0.2) is 4.39 Å². The minimum atomic E-state index is -0.511. The summed E-state index contributed by atoms with van der Waals surface area (Å²) < 4.78 is 15.3. The predicted octanol–water partition coefficient (Wildman–Crippen LogP) is 3.88. The molecule has 140 valence electrons. The van der Waals surface area contributed by atoms with Crippen LogP contribution in [0.5, 0.6) is 0 Å². The molecule has 0 saturated heterocycles. The van der Waals surface area contributed by atoms with Gasteiger partial charge in [0.25, 0.3) is 5.91 Å². The Kier molecular flexibility index (Phi) is 4.26. The summed E-state index contributed by atoms with van der Waals surface area (Å²) in [5.74, 6) is 0.220. The largest absolute Gasteiger partial charge is 0.278 e. The van der Waals surface area contributed by atoms with E-state index < -0.39 is 11.9 Å². The molecule has 0 aliphatic carbocycles. The van der Waals surface area contributed by atoms with Gasteiger partial charge >= 0.3 is 0 Å². The molecule has 1 aliphatic heterocycles. The highest BCUT2D eigenvalue weighted by Crippen LogP contribution is 2.44. The van der Waals surface area contributed by atoms with Gasteiger partial charge < -0.3 is 0 Å². The normalized spacial score (nSPS) is 16.4. The summed E-state index contributed by atoms with van der Waals surface area (Å²) in [6.07, 6.45) is 2.48.